The first-order valence-electron chi connectivity index (χ1n) is 12.8. The predicted octanol–water partition coefficient (Wildman–Crippen LogP) is 5.08. The maximum atomic E-state index is 14.1. The third-order valence-electron chi connectivity index (χ3n) is 7.20. The zero-order chi connectivity index (χ0) is 27.3. The number of hydrogen-bond donors (Lipinski definition) is 0. The van der Waals surface area contributed by atoms with Crippen molar-refractivity contribution in [2.75, 3.05) is 19.1 Å². The second kappa shape index (κ2) is 10.2. The van der Waals surface area contributed by atoms with Gasteiger partial charge in [0.2, 0.25) is 11.8 Å². The van der Waals surface area contributed by atoms with Crippen molar-refractivity contribution < 1.29 is 19.1 Å². The van der Waals surface area contributed by atoms with Gasteiger partial charge in [-0.15, -0.1) is 11.3 Å². The molecule has 2 aliphatic rings. The number of fused-ring (bicyclic) bond motifs is 3. The first kappa shape index (κ1) is 25.6. The minimum Gasteiger partial charge on any atom is -0.493 e. The second-order valence-corrected chi connectivity index (χ2v) is 11.9. The lowest BCUT2D eigenvalue weighted by atomic mass is 9.97. The average molecular weight is 562 g/mol. The minimum atomic E-state index is -0.722. The Bertz CT molecular complexity index is 1690. The van der Waals surface area contributed by atoms with Gasteiger partial charge in [-0.1, -0.05) is 23.9 Å². The fraction of sp³-hybridized carbons (Fsp3) is 0.310. The zero-order valence-electron chi connectivity index (χ0n) is 21.9. The molecule has 0 unspecified atom stereocenters. The summed E-state index contributed by atoms with van der Waals surface area (Å²) in [7, 11) is 3.03. The number of thioether (sulfide) groups is 1. The molecule has 2 aromatic heterocycles. The summed E-state index contributed by atoms with van der Waals surface area (Å²) in [5, 5.41) is 0.374. The Morgan fingerprint density at radius 3 is 2.54 bits per heavy atom. The molecule has 0 radical (unpaired) electrons. The molecule has 10 heteroatoms. The van der Waals surface area contributed by atoms with Gasteiger partial charge in [0.25, 0.3) is 5.56 Å². The number of carbonyl (C=O) groups excluding carboxylic acids is 2. The monoisotopic (exact) mass is 561 g/mol. The highest BCUT2D eigenvalue weighted by atomic mass is 32.2. The van der Waals surface area contributed by atoms with Crippen LogP contribution in [0.15, 0.2) is 52.4 Å². The number of methoxy groups -OCH3 is 2. The number of carbonyl (C=O) groups is 2. The Labute approximate surface area is 233 Å². The topological polar surface area (TPSA) is 90.7 Å². The van der Waals surface area contributed by atoms with Gasteiger partial charge < -0.3 is 9.47 Å². The smallest absolute Gasteiger partial charge is 0.267 e. The Morgan fingerprint density at radius 2 is 1.77 bits per heavy atom. The summed E-state index contributed by atoms with van der Waals surface area (Å²) in [6.07, 6.45) is 4.00. The highest BCUT2D eigenvalue weighted by molar-refractivity contribution is 8.00. The molecule has 2 aromatic carbocycles. The predicted molar refractivity (Wildman–Crippen MR) is 153 cm³/mol. The van der Waals surface area contributed by atoms with Crippen molar-refractivity contribution >= 4 is 50.8 Å². The highest BCUT2D eigenvalue weighted by Gasteiger charge is 2.41. The Balaban J connectivity index is 1.42. The van der Waals surface area contributed by atoms with E-state index in [0.29, 0.717) is 38.2 Å². The average Bonchev–Trinajstić information content (AvgIpc) is 3.44. The van der Waals surface area contributed by atoms with Gasteiger partial charge in [0.05, 0.1) is 31.0 Å². The van der Waals surface area contributed by atoms with Crippen LogP contribution in [0.4, 0.5) is 5.69 Å². The van der Waals surface area contributed by atoms with Crippen LogP contribution in [0.3, 0.4) is 0 Å². The van der Waals surface area contributed by atoms with Crippen LogP contribution in [0.5, 0.6) is 11.5 Å². The number of imide groups is 1. The van der Waals surface area contributed by atoms with Crippen LogP contribution in [0, 0.1) is 6.92 Å². The molecule has 1 saturated heterocycles. The molecule has 8 nitrogen and oxygen atoms in total. The zero-order valence-corrected chi connectivity index (χ0v) is 23.5. The van der Waals surface area contributed by atoms with Crippen molar-refractivity contribution in [1.82, 2.24) is 9.55 Å². The molecule has 0 spiro atoms. The van der Waals surface area contributed by atoms with Gasteiger partial charge in [-0.05, 0) is 68.0 Å². The molecule has 1 aliphatic carbocycles. The quantitative estimate of drug-likeness (QED) is 0.240. The highest BCUT2D eigenvalue weighted by Crippen LogP contribution is 2.39. The normalized spacial score (nSPS) is 17.1. The molecule has 1 fully saturated rings. The summed E-state index contributed by atoms with van der Waals surface area (Å²) in [5.74, 6) is 0.257. The van der Waals surface area contributed by atoms with Crippen LogP contribution in [-0.4, -0.2) is 40.8 Å². The van der Waals surface area contributed by atoms with Crippen molar-refractivity contribution in [3.8, 4) is 17.2 Å². The van der Waals surface area contributed by atoms with Gasteiger partial charge >= 0.3 is 0 Å². The van der Waals surface area contributed by atoms with Crippen LogP contribution in [-0.2, 0) is 22.4 Å². The summed E-state index contributed by atoms with van der Waals surface area (Å²) in [6, 6.07) is 12.6. The molecule has 3 heterocycles. The molecular formula is C29H27N3O5S2. The number of aryl methyl sites for hydroxylation is 3. The SMILES string of the molecule is COc1ccc(N2C(=O)C[C@H](Sc3nc4sc5c(c4c(=O)n3-c3cccc(C)c3)CCCC5)C2=O)cc1OC. The Kier molecular flexibility index (Phi) is 6.68. The summed E-state index contributed by atoms with van der Waals surface area (Å²) >= 11 is 2.75. The number of nitrogens with zero attached hydrogens (tertiary/aromatic N) is 3. The number of anilines is 1. The molecule has 39 heavy (non-hydrogen) atoms. The first-order chi connectivity index (χ1) is 18.9. The molecule has 200 valence electrons. The molecule has 2 amide bonds. The van der Waals surface area contributed by atoms with Crippen molar-refractivity contribution in [1.29, 1.82) is 0 Å². The van der Waals surface area contributed by atoms with Crippen LogP contribution in [0.25, 0.3) is 15.9 Å². The van der Waals surface area contributed by atoms with Gasteiger partial charge in [0.15, 0.2) is 16.7 Å². The summed E-state index contributed by atoms with van der Waals surface area (Å²) in [5.41, 5.74) is 3.11. The number of hydrogen-bond acceptors (Lipinski definition) is 8. The maximum absolute atomic E-state index is 14.1. The fourth-order valence-corrected chi connectivity index (χ4v) is 7.75. The Morgan fingerprint density at radius 1 is 0.974 bits per heavy atom. The molecule has 6 rings (SSSR count). The van der Waals surface area contributed by atoms with E-state index in [9.17, 15) is 14.4 Å². The van der Waals surface area contributed by atoms with Crippen molar-refractivity contribution in [3.63, 3.8) is 0 Å². The van der Waals surface area contributed by atoms with E-state index in [2.05, 4.69) is 0 Å². The van der Waals surface area contributed by atoms with Crippen molar-refractivity contribution in [2.45, 2.75) is 49.4 Å². The van der Waals surface area contributed by atoms with Gasteiger partial charge in [-0.25, -0.2) is 9.88 Å². The third kappa shape index (κ3) is 4.41. The van der Waals surface area contributed by atoms with E-state index >= 15 is 0 Å². The van der Waals surface area contributed by atoms with E-state index in [1.54, 1.807) is 34.1 Å². The summed E-state index contributed by atoms with van der Waals surface area (Å²) in [6.45, 7) is 1.97. The molecule has 0 bridgehead atoms. The van der Waals surface area contributed by atoms with Crippen LogP contribution in [0.1, 0.15) is 35.3 Å². The molecular weight excluding hydrogens is 534 g/mol. The number of rotatable bonds is 6. The second-order valence-electron chi connectivity index (χ2n) is 9.68. The first-order valence-corrected chi connectivity index (χ1v) is 14.5. The molecule has 0 saturated carbocycles. The summed E-state index contributed by atoms with van der Waals surface area (Å²) < 4.78 is 12.3. The van der Waals surface area contributed by atoms with Crippen molar-refractivity contribution in [3.05, 3.63) is 68.8 Å². The van der Waals surface area contributed by atoms with E-state index in [4.69, 9.17) is 14.5 Å². The molecule has 0 N–H and O–H groups in total. The van der Waals surface area contributed by atoms with E-state index in [0.717, 1.165) is 36.8 Å². The molecule has 4 aromatic rings. The molecule has 1 atom stereocenters. The van der Waals surface area contributed by atoms with Crippen molar-refractivity contribution in [2.24, 2.45) is 0 Å². The fourth-order valence-electron chi connectivity index (χ4n) is 5.32. The number of ether oxygens (including phenoxy) is 2. The van der Waals surface area contributed by atoms with Gasteiger partial charge in [0, 0.05) is 17.4 Å². The lowest BCUT2D eigenvalue weighted by Gasteiger charge is -2.18. The van der Waals surface area contributed by atoms with Crippen LogP contribution in [0.2, 0.25) is 0 Å². The maximum Gasteiger partial charge on any atom is 0.267 e. The van der Waals surface area contributed by atoms with Crippen LogP contribution < -0.4 is 19.9 Å². The van der Waals surface area contributed by atoms with Gasteiger partial charge in [0.1, 0.15) is 10.1 Å². The standard InChI is InChI=1S/C29H27N3O5S2/c1-16-7-6-8-17(13-16)32-28(35)25-19-9-4-5-10-22(19)38-26(25)30-29(32)39-23-15-24(33)31(27(23)34)18-11-12-20(36-2)21(14-18)37-3/h6-8,11-14,23H,4-5,9-10,15H2,1-3H3/t23-/m0/s1. The largest absolute Gasteiger partial charge is 0.493 e. The number of thiophene rings is 1. The minimum absolute atomic E-state index is 0.000506. The number of aromatic nitrogens is 2. The summed E-state index contributed by atoms with van der Waals surface area (Å²) in [4.78, 5) is 48.8. The lowest BCUT2D eigenvalue weighted by Crippen LogP contribution is -2.31. The van der Waals surface area contributed by atoms with Gasteiger partial charge in [-0.2, -0.15) is 0 Å². The Hall–Kier alpha value is -3.63. The van der Waals surface area contributed by atoms with E-state index in [1.807, 2.05) is 31.2 Å². The number of benzene rings is 2. The third-order valence-corrected chi connectivity index (χ3v) is 9.52. The van der Waals surface area contributed by atoms with E-state index in [-0.39, 0.29) is 23.8 Å². The molecule has 1 aliphatic heterocycles. The van der Waals surface area contributed by atoms with E-state index < -0.39 is 5.25 Å². The lowest BCUT2D eigenvalue weighted by molar-refractivity contribution is -0.121. The van der Waals surface area contributed by atoms with Gasteiger partial charge in [-0.3, -0.25) is 19.0 Å². The number of amides is 2. The van der Waals surface area contributed by atoms with Crippen LogP contribution >= 0.6 is 23.1 Å². The van der Waals surface area contributed by atoms with E-state index in [1.165, 1.54) is 35.8 Å².